The van der Waals surface area contributed by atoms with Gasteiger partial charge in [-0.05, 0) is 17.7 Å². The van der Waals surface area contributed by atoms with Crippen molar-refractivity contribution in [3.8, 4) is 0 Å². The average molecular weight is 245 g/mol. The Morgan fingerprint density at radius 1 is 1.33 bits per heavy atom. The van der Waals surface area contributed by atoms with Crippen LogP contribution in [0.15, 0.2) is 36.7 Å². The van der Waals surface area contributed by atoms with E-state index >= 15 is 0 Å². The molecule has 0 bridgehead atoms. The van der Waals surface area contributed by atoms with Crippen LogP contribution in [0.5, 0.6) is 0 Å². The summed E-state index contributed by atoms with van der Waals surface area (Å²) in [5, 5.41) is 12.0. The van der Waals surface area contributed by atoms with Crippen molar-refractivity contribution < 1.29 is 9.90 Å². The third-order valence-electron chi connectivity index (χ3n) is 2.73. The number of carbonyl (C=O) groups is 1. The fourth-order valence-corrected chi connectivity index (χ4v) is 1.65. The maximum atomic E-state index is 10.7. The number of imidazole rings is 1. The van der Waals surface area contributed by atoms with Crippen LogP contribution >= 0.6 is 0 Å². The van der Waals surface area contributed by atoms with Crippen molar-refractivity contribution in [1.29, 1.82) is 0 Å². The number of carboxylic acid groups (broad SMARTS) is 1. The topological polar surface area (TPSA) is 67.2 Å². The van der Waals surface area contributed by atoms with Gasteiger partial charge >= 0.3 is 5.97 Å². The molecule has 18 heavy (non-hydrogen) atoms. The van der Waals surface area contributed by atoms with Crippen LogP contribution in [0.25, 0.3) is 0 Å². The van der Waals surface area contributed by atoms with E-state index in [2.05, 4.69) is 10.3 Å². The number of carboxylic acids is 1. The Labute approximate surface area is 105 Å². The molecule has 0 fully saturated rings. The van der Waals surface area contributed by atoms with E-state index in [0.717, 1.165) is 11.4 Å². The zero-order valence-corrected chi connectivity index (χ0v) is 10.1. The maximum absolute atomic E-state index is 10.7. The number of hydrogen-bond donors (Lipinski definition) is 2. The van der Waals surface area contributed by atoms with Gasteiger partial charge in [0.2, 0.25) is 0 Å². The normalized spacial score (nSPS) is 10.5. The van der Waals surface area contributed by atoms with Crippen LogP contribution in [0.2, 0.25) is 0 Å². The Bertz CT molecular complexity index is 531. The zero-order valence-electron chi connectivity index (χ0n) is 10.1. The van der Waals surface area contributed by atoms with Crippen molar-refractivity contribution in [3.05, 3.63) is 53.6 Å². The summed E-state index contributed by atoms with van der Waals surface area (Å²) < 4.78 is 1.96. The first-order valence-corrected chi connectivity index (χ1v) is 5.66. The highest BCUT2D eigenvalue weighted by Crippen LogP contribution is 2.04. The van der Waals surface area contributed by atoms with Gasteiger partial charge in [0.25, 0.3) is 0 Å². The zero-order chi connectivity index (χ0) is 13.0. The van der Waals surface area contributed by atoms with Gasteiger partial charge in [-0.3, -0.25) is 0 Å². The lowest BCUT2D eigenvalue weighted by Crippen LogP contribution is -2.15. The summed E-state index contributed by atoms with van der Waals surface area (Å²) in [5.74, 6) is 0.0691. The van der Waals surface area contributed by atoms with Gasteiger partial charge in [-0.15, -0.1) is 0 Å². The van der Waals surface area contributed by atoms with Gasteiger partial charge in [0.1, 0.15) is 5.82 Å². The van der Waals surface area contributed by atoms with Crippen LogP contribution in [0.1, 0.15) is 21.7 Å². The molecule has 0 aliphatic rings. The molecule has 94 valence electrons. The summed E-state index contributed by atoms with van der Waals surface area (Å²) in [6.07, 6.45) is 3.66. The summed E-state index contributed by atoms with van der Waals surface area (Å²) in [4.78, 5) is 14.9. The lowest BCUT2D eigenvalue weighted by molar-refractivity contribution is 0.0697. The highest BCUT2D eigenvalue weighted by molar-refractivity contribution is 5.87. The number of hydrogen-bond acceptors (Lipinski definition) is 3. The molecule has 2 aromatic rings. The van der Waals surface area contributed by atoms with E-state index in [4.69, 9.17) is 5.11 Å². The summed E-state index contributed by atoms with van der Waals surface area (Å²) in [5.41, 5.74) is 1.36. The molecule has 0 aliphatic heterocycles. The third-order valence-corrected chi connectivity index (χ3v) is 2.73. The number of aryl methyl sites for hydroxylation is 1. The first-order valence-electron chi connectivity index (χ1n) is 5.66. The van der Waals surface area contributed by atoms with Crippen LogP contribution in [0.4, 0.5) is 0 Å². The maximum Gasteiger partial charge on any atom is 0.335 e. The molecular weight excluding hydrogens is 230 g/mol. The minimum Gasteiger partial charge on any atom is -0.478 e. The molecule has 2 N–H and O–H groups in total. The van der Waals surface area contributed by atoms with E-state index in [1.165, 1.54) is 0 Å². The van der Waals surface area contributed by atoms with Gasteiger partial charge in [0, 0.05) is 26.0 Å². The molecule has 2 rings (SSSR count). The van der Waals surface area contributed by atoms with Gasteiger partial charge in [0.15, 0.2) is 0 Å². The Morgan fingerprint density at radius 2 is 2.06 bits per heavy atom. The quantitative estimate of drug-likeness (QED) is 0.835. The Kier molecular flexibility index (Phi) is 3.74. The van der Waals surface area contributed by atoms with Crippen LogP contribution in [0, 0.1) is 0 Å². The van der Waals surface area contributed by atoms with E-state index in [-0.39, 0.29) is 0 Å². The Hall–Kier alpha value is -2.14. The number of nitrogens with one attached hydrogen (secondary N) is 1. The fraction of sp³-hybridized carbons (Fsp3) is 0.231. The summed E-state index contributed by atoms with van der Waals surface area (Å²) >= 11 is 0. The predicted molar refractivity (Wildman–Crippen MR) is 67.2 cm³/mol. The molecule has 5 nitrogen and oxygen atoms in total. The van der Waals surface area contributed by atoms with Crippen molar-refractivity contribution in [3.63, 3.8) is 0 Å². The van der Waals surface area contributed by atoms with Crippen molar-refractivity contribution in [1.82, 2.24) is 14.9 Å². The molecule has 0 amide bonds. The highest BCUT2D eigenvalue weighted by atomic mass is 16.4. The van der Waals surface area contributed by atoms with Crippen molar-refractivity contribution >= 4 is 5.97 Å². The molecular formula is C13H15N3O2. The average Bonchev–Trinajstić information content (AvgIpc) is 2.76. The van der Waals surface area contributed by atoms with Crippen molar-refractivity contribution in [2.75, 3.05) is 0 Å². The summed E-state index contributed by atoms with van der Waals surface area (Å²) in [6, 6.07) is 6.85. The van der Waals surface area contributed by atoms with Gasteiger partial charge < -0.3 is 15.0 Å². The second-order valence-corrected chi connectivity index (χ2v) is 4.06. The first-order chi connectivity index (χ1) is 8.66. The molecule has 5 heteroatoms. The van der Waals surface area contributed by atoms with Gasteiger partial charge in [-0.25, -0.2) is 9.78 Å². The smallest absolute Gasteiger partial charge is 0.335 e. The van der Waals surface area contributed by atoms with E-state index in [9.17, 15) is 4.79 Å². The minimum atomic E-state index is -0.900. The van der Waals surface area contributed by atoms with Crippen molar-refractivity contribution in [2.24, 2.45) is 7.05 Å². The second kappa shape index (κ2) is 5.46. The number of rotatable bonds is 5. The molecule has 0 unspecified atom stereocenters. The van der Waals surface area contributed by atoms with E-state index in [1.54, 1.807) is 18.3 Å². The van der Waals surface area contributed by atoms with Crippen LogP contribution < -0.4 is 5.32 Å². The summed E-state index contributed by atoms with van der Waals surface area (Å²) in [6.45, 7) is 1.37. The van der Waals surface area contributed by atoms with Gasteiger partial charge in [-0.1, -0.05) is 12.1 Å². The predicted octanol–water partition coefficient (Wildman–Crippen LogP) is 1.41. The molecule has 0 radical (unpaired) electrons. The Balaban J connectivity index is 1.87. The molecule has 0 spiro atoms. The monoisotopic (exact) mass is 245 g/mol. The minimum absolute atomic E-state index is 0.308. The van der Waals surface area contributed by atoms with E-state index in [1.807, 2.05) is 29.9 Å². The number of nitrogens with zero attached hydrogens (tertiary/aromatic N) is 2. The molecule has 0 saturated heterocycles. The fourth-order valence-electron chi connectivity index (χ4n) is 1.65. The molecule has 1 aromatic heterocycles. The number of benzene rings is 1. The van der Waals surface area contributed by atoms with E-state index in [0.29, 0.717) is 18.7 Å². The molecule has 0 atom stereocenters. The van der Waals surface area contributed by atoms with Crippen molar-refractivity contribution in [2.45, 2.75) is 13.1 Å². The van der Waals surface area contributed by atoms with Crippen LogP contribution in [-0.2, 0) is 20.1 Å². The molecule has 0 aliphatic carbocycles. The van der Waals surface area contributed by atoms with Crippen LogP contribution in [0.3, 0.4) is 0 Å². The lowest BCUT2D eigenvalue weighted by atomic mass is 10.1. The highest BCUT2D eigenvalue weighted by Gasteiger charge is 2.02. The Morgan fingerprint density at radius 3 is 2.61 bits per heavy atom. The first kappa shape index (κ1) is 12.3. The third kappa shape index (κ3) is 2.95. The van der Waals surface area contributed by atoms with E-state index < -0.39 is 5.97 Å². The summed E-state index contributed by atoms with van der Waals surface area (Å²) in [7, 11) is 1.95. The largest absolute Gasteiger partial charge is 0.478 e. The van der Waals surface area contributed by atoms with Crippen LogP contribution in [-0.4, -0.2) is 20.6 Å². The SMILES string of the molecule is Cn1ccnc1CNCc1ccc(C(=O)O)cc1. The number of aromatic nitrogens is 2. The standard InChI is InChI=1S/C13H15N3O2/c1-16-7-6-15-12(16)9-14-8-10-2-4-11(5-3-10)13(17)18/h2-7,14H,8-9H2,1H3,(H,17,18). The molecule has 0 saturated carbocycles. The molecule has 1 heterocycles. The molecule has 1 aromatic carbocycles. The number of aromatic carboxylic acids is 1. The second-order valence-electron chi connectivity index (χ2n) is 4.06. The van der Waals surface area contributed by atoms with Gasteiger partial charge in [-0.2, -0.15) is 0 Å². The van der Waals surface area contributed by atoms with Gasteiger partial charge in [0.05, 0.1) is 12.1 Å². The lowest BCUT2D eigenvalue weighted by Gasteiger charge is -2.05.